The van der Waals surface area contributed by atoms with E-state index in [0.717, 1.165) is 16.7 Å². The lowest BCUT2D eigenvalue weighted by Crippen LogP contribution is -2.53. The van der Waals surface area contributed by atoms with Gasteiger partial charge in [-0.2, -0.15) is 0 Å². The van der Waals surface area contributed by atoms with Crippen molar-refractivity contribution in [2.24, 2.45) is 5.92 Å². The van der Waals surface area contributed by atoms with E-state index in [-0.39, 0.29) is 29.9 Å². The van der Waals surface area contributed by atoms with Gasteiger partial charge in [-0.05, 0) is 29.0 Å². The first-order valence-electron chi connectivity index (χ1n) is 14.6. The first kappa shape index (κ1) is 29.3. The van der Waals surface area contributed by atoms with Crippen LogP contribution in [0.5, 0.6) is 0 Å². The molecule has 3 amide bonds. The Balaban J connectivity index is 1.38. The predicted octanol–water partition coefficient (Wildman–Crippen LogP) is 4.36. The van der Waals surface area contributed by atoms with Crippen molar-refractivity contribution >= 4 is 17.9 Å². The number of nitrogens with zero attached hydrogens (tertiary/aromatic N) is 4. The second-order valence-electron chi connectivity index (χ2n) is 11.7. The fourth-order valence-corrected chi connectivity index (χ4v) is 6.65. The highest BCUT2D eigenvalue weighted by Crippen LogP contribution is 2.48. The molecule has 0 bridgehead atoms. The number of benzene rings is 3. The number of hydrogen-bond acceptors (Lipinski definition) is 4. The zero-order valence-corrected chi connectivity index (χ0v) is 24.8. The van der Waals surface area contributed by atoms with E-state index in [2.05, 4.69) is 41.3 Å². The van der Waals surface area contributed by atoms with E-state index in [1.165, 1.54) is 11.9 Å². The summed E-state index contributed by atoms with van der Waals surface area (Å²) in [6.07, 6.45) is 0.648. The molecule has 5 rings (SSSR count). The summed E-state index contributed by atoms with van der Waals surface area (Å²) in [6.45, 7) is 5.18. The molecule has 0 aromatic heterocycles. The summed E-state index contributed by atoms with van der Waals surface area (Å²) >= 11 is 0. The Morgan fingerprint density at radius 2 is 1.29 bits per heavy atom. The van der Waals surface area contributed by atoms with Gasteiger partial charge in [0, 0.05) is 33.7 Å². The standard InChI is InChI=1S/C34H40N4O4/c1-24(2)30(32(40)41)36(4)33(42)35(3)28-20-21-37(22-28)31(39)29-23-38(29)34(25-14-8-5-9-15-25,26-16-10-6-11-17-26)27-18-12-7-13-19-27/h5-19,24,28-30H,20-23H2,1-4H3,(H,40,41)/t28-,29?,30-,38?/m0/s1. The molecule has 2 saturated heterocycles. The maximum atomic E-state index is 14.0. The second kappa shape index (κ2) is 12.0. The van der Waals surface area contributed by atoms with Gasteiger partial charge >= 0.3 is 12.0 Å². The van der Waals surface area contributed by atoms with E-state index in [4.69, 9.17) is 0 Å². The van der Waals surface area contributed by atoms with Crippen LogP contribution in [0, 0.1) is 5.92 Å². The van der Waals surface area contributed by atoms with Gasteiger partial charge < -0.3 is 19.8 Å². The van der Waals surface area contributed by atoms with E-state index in [1.54, 1.807) is 25.8 Å². The van der Waals surface area contributed by atoms with Crippen LogP contribution in [0.25, 0.3) is 0 Å². The molecule has 8 heteroatoms. The largest absolute Gasteiger partial charge is 0.480 e. The van der Waals surface area contributed by atoms with Crippen LogP contribution in [0.1, 0.15) is 37.0 Å². The minimum atomic E-state index is -1.02. The molecule has 4 atom stereocenters. The van der Waals surface area contributed by atoms with Gasteiger partial charge in [0.1, 0.15) is 12.1 Å². The zero-order chi connectivity index (χ0) is 30.0. The third-order valence-corrected chi connectivity index (χ3v) is 8.83. The van der Waals surface area contributed by atoms with Crippen LogP contribution in [-0.2, 0) is 15.1 Å². The lowest BCUT2D eigenvalue weighted by molar-refractivity contribution is -0.143. The molecular weight excluding hydrogens is 528 g/mol. The molecule has 2 unspecified atom stereocenters. The molecule has 1 N–H and O–H groups in total. The number of carbonyl (C=O) groups is 3. The number of carboxylic acids is 1. The summed E-state index contributed by atoms with van der Waals surface area (Å²) in [5.74, 6) is -1.19. The van der Waals surface area contributed by atoms with Crippen LogP contribution in [0.2, 0.25) is 0 Å². The third-order valence-electron chi connectivity index (χ3n) is 8.83. The summed E-state index contributed by atoms with van der Waals surface area (Å²) < 4.78 is 0. The number of likely N-dealkylation sites (N-methyl/N-ethyl adjacent to an activating group) is 2. The van der Waals surface area contributed by atoms with E-state index >= 15 is 0 Å². The Morgan fingerprint density at radius 1 is 0.810 bits per heavy atom. The van der Waals surface area contributed by atoms with Crippen molar-refractivity contribution in [1.82, 2.24) is 19.6 Å². The van der Waals surface area contributed by atoms with E-state index in [1.807, 2.05) is 59.5 Å². The average molecular weight is 569 g/mol. The molecule has 3 aromatic rings. The molecule has 2 fully saturated rings. The van der Waals surface area contributed by atoms with Crippen molar-refractivity contribution in [3.63, 3.8) is 0 Å². The van der Waals surface area contributed by atoms with Crippen molar-refractivity contribution in [2.75, 3.05) is 33.7 Å². The number of hydrogen-bond donors (Lipinski definition) is 1. The van der Waals surface area contributed by atoms with Gasteiger partial charge in [0.05, 0.1) is 11.6 Å². The lowest BCUT2D eigenvalue weighted by atomic mass is 9.76. The van der Waals surface area contributed by atoms with Crippen molar-refractivity contribution in [2.45, 2.75) is 43.9 Å². The molecule has 2 heterocycles. The van der Waals surface area contributed by atoms with Gasteiger partial charge in [-0.3, -0.25) is 9.69 Å². The predicted molar refractivity (Wildman–Crippen MR) is 162 cm³/mol. The first-order valence-corrected chi connectivity index (χ1v) is 14.6. The van der Waals surface area contributed by atoms with Crippen LogP contribution in [0.4, 0.5) is 4.79 Å². The Hall–Kier alpha value is -4.17. The van der Waals surface area contributed by atoms with Crippen LogP contribution >= 0.6 is 0 Å². The molecular formula is C34H40N4O4. The summed E-state index contributed by atoms with van der Waals surface area (Å²) in [5.41, 5.74) is 2.66. The number of carboxylic acid groups (broad SMARTS) is 1. The number of aliphatic carboxylic acids is 1. The molecule has 0 spiro atoms. The van der Waals surface area contributed by atoms with Gasteiger partial charge in [-0.25, -0.2) is 9.59 Å². The minimum absolute atomic E-state index is 0.0597. The number of likely N-dealkylation sites (tertiary alicyclic amines) is 1. The topological polar surface area (TPSA) is 84.2 Å². The molecule has 0 aliphatic carbocycles. The van der Waals surface area contributed by atoms with Crippen LogP contribution < -0.4 is 0 Å². The van der Waals surface area contributed by atoms with Crippen LogP contribution in [0.3, 0.4) is 0 Å². The number of urea groups is 1. The van der Waals surface area contributed by atoms with E-state index in [0.29, 0.717) is 26.1 Å². The molecule has 42 heavy (non-hydrogen) atoms. The van der Waals surface area contributed by atoms with Gasteiger partial charge in [0.25, 0.3) is 0 Å². The van der Waals surface area contributed by atoms with Gasteiger partial charge in [0.2, 0.25) is 5.91 Å². The Bertz CT molecular complexity index is 1300. The Morgan fingerprint density at radius 3 is 1.71 bits per heavy atom. The highest BCUT2D eigenvalue weighted by molar-refractivity contribution is 5.86. The molecule has 3 aromatic carbocycles. The van der Waals surface area contributed by atoms with Crippen molar-refractivity contribution in [3.8, 4) is 0 Å². The maximum absolute atomic E-state index is 14.0. The summed E-state index contributed by atoms with van der Waals surface area (Å²) in [7, 11) is 3.24. The summed E-state index contributed by atoms with van der Waals surface area (Å²) in [6, 6.07) is 29.3. The van der Waals surface area contributed by atoms with Crippen molar-refractivity contribution in [3.05, 3.63) is 108 Å². The monoisotopic (exact) mass is 568 g/mol. The quantitative estimate of drug-likeness (QED) is 0.307. The third kappa shape index (κ3) is 5.27. The molecule has 2 aliphatic heterocycles. The molecule has 0 saturated carbocycles. The van der Waals surface area contributed by atoms with Crippen LogP contribution in [-0.4, -0.2) is 94.5 Å². The molecule has 0 radical (unpaired) electrons. The number of amides is 3. The fraction of sp³-hybridized carbons (Fsp3) is 0.382. The summed E-state index contributed by atoms with van der Waals surface area (Å²) in [4.78, 5) is 46.1. The van der Waals surface area contributed by atoms with Gasteiger partial charge in [-0.1, -0.05) is 105 Å². The highest BCUT2D eigenvalue weighted by atomic mass is 16.4. The molecule has 2 aliphatic rings. The van der Waals surface area contributed by atoms with Crippen molar-refractivity contribution in [1.29, 1.82) is 0 Å². The Labute approximate surface area is 248 Å². The lowest BCUT2D eigenvalue weighted by Gasteiger charge is -2.38. The van der Waals surface area contributed by atoms with E-state index in [9.17, 15) is 19.5 Å². The van der Waals surface area contributed by atoms with E-state index < -0.39 is 17.6 Å². The minimum Gasteiger partial charge on any atom is -0.480 e. The number of rotatable bonds is 9. The second-order valence-corrected chi connectivity index (χ2v) is 11.7. The van der Waals surface area contributed by atoms with Crippen LogP contribution in [0.15, 0.2) is 91.0 Å². The highest BCUT2D eigenvalue weighted by Gasteiger charge is 2.57. The smallest absolute Gasteiger partial charge is 0.326 e. The van der Waals surface area contributed by atoms with Gasteiger partial charge in [0.15, 0.2) is 0 Å². The van der Waals surface area contributed by atoms with Gasteiger partial charge in [-0.15, -0.1) is 0 Å². The SMILES string of the molecule is CC(C)[C@@H](C(=O)O)N(C)C(=O)N(C)[C@H]1CCN(C(=O)C2CN2C(c2ccccc2)(c2ccccc2)c2ccccc2)C1. The Kier molecular flexibility index (Phi) is 8.36. The maximum Gasteiger partial charge on any atom is 0.326 e. The zero-order valence-electron chi connectivity index (χ0n) is 24.8. The number of carbonyl (C=O) groups excluding carboxylic acids is 2. The fourth-order valence-electron chi connectivity index (χ4n) is 6.65. The first-order chi connectivity index (χ1) is 20.2. The van der Waals surface area contributed by atoms with Crippen molar-refractivity contribution < 1.29 is 19.5 Å². The average Bonchev–Trinajstić information content (AvgIpc) is 3.64. The molecule has 8 nitrogen and oxygen atoms in total. The molecule has 220 valence electrons. The summed E-state index contributed by atoms with van der Waals surface area (Å²) in [5, 5.41) is 9.66. The normalized spacial score (nSPS) is 20.7.